The first-order valence-electron chi connectivity index (χ1n) is 14.2. The molecule has 5 rings (SSSR count). The largest absolute Gasteiger partial charge is 0.496 e. The van der Waals surface area contributed by atoms with Crippen LogP contribution < -0.4 is 9.64 Å². The van der Waals surface area contributed by atoms with E-state index in [1.807, 2.05) is 53.4 Å². The number of piperazine rings is 1. The summed E-state index contributed by atoms with van der Waals surface area (Å²) in [7, 11) is 1.60. The van der Waals surface area contributed by atoms with Crippen LogP contribution in [0.5, 0.6) is 5.75 Å². The molecule has 1 fully saturated rings. The lowest BCUT2D eigenvalue weighted by Gasteiger charge is -2.40. The number of rotatable bonds is 7. The molecule has 3 aromatic rings. The molecule has 0 aromatic heterocycles. The summed E-state index contributed by atoms with van der Waals surface area (Å²) in [5.74, 6) is 0.390. The topological polar surface area (TPSA) is 53.1 Å². The molecule has 2 heterocycles. The summed E-state index contributed by atoms with van der Waals surface area (Å²) < 4.78 is 5.75. The lowest BCUT2D eigenvalue weighted by molar-refractivity contribution is -0.114. The third-order valence-electron chi connectivity index (χ3n) is 8.54. The van der Waals surface area contributed by atoms with E-state index < -0.39 is 0 Å². The molecule has 2 unspecified atom stereocenters. The maximum Gasteiger partial charge on any atom is 0.262 e. The highest BCUT2D eigenvalue weighted by Gasteiger charge is 2.36. The van der Waals surface area contributed by atoms with Crippen molar-refractivity contribution in [2.45, 2.75) is 38.6 Å². The Bertz CT molecular complexity index is 1370. The summed E-state index contributed by atoms with van der Waals surface area (Å²) >= 11 is 6.52. The van der Waals surface area contributed by atoms with Crippen molar-refractivity contribution in [1.29, 1.82) is 0 Å². The number of nitrogens with zero attached hydrogens (tertiary/aromatic N) is 3. The number of ether oxygens (including phenoxy) is 1. The van der Waals surface area contributed by atoms with Crippen LogP contribution in [0, 0.1) is 6.92 Å². The molecule has 40 heavy (non-hydrogen) atoms. The van der Waals surface area contributed by atoms with E-state index in [-0.39, 0.29) is 17.9 Å². The molecule has 1 amide bonds. The first-order valence-corrected chi connectivity index (χ1v) is 14.6. The molecule has 0 saturated carbocycles. The summed E-state index contributed by atoms with van der Waals surface area (Å²) in [5.41, 5.74) is 5.57. The minimum absolute atomic E-state index is 0.0393. The van der Waals surface area contributed by atoms with Gasteiger partial charge in [0.2, 0.25) is 0 Å². The number of hydrogen-bond acceptors (Lipinski definition) is 5. The monoisotopic (exact) mass is 559 g/mol. The van der Waals surface area contributed by atoms with Gasteiger partial charge in [-0.1, -0.05) is 48.9 Å². The molecule has 1 saturated heterocycles. The molecule has 3 aromatic carbocycles. The van der Waals surface area contributed by atoms with Crippen LogP contribution in [0.2, 0.25) is 5.02 Å². The third-order valence-corrected chi connectivity index (χ3v) is 8.77. The smallest absolute Gasteiger partial charge is 0.262 e. The van der Waals surface area contributed by atoms with Gasteiger partial charge in [0.1, 0.15) is 12.0 Å². The van der Waals surface area contributed by atoms with Crippen LogP contribution >= 0.6 is 11.6 Å². The van der Waals surface area contributed by atoms with E-state index in [0.29, 0.717) is 22.9 Å². The van der Waals surface area contributed by atoms with Crippen LogP contribution in [-0.4, -0.2) is 74.4 Å². The van der Waals surface area contributed by atoms with Crippen molar-refractivity contribution >= 4 is 29.5 Å². The minimum Gasteiger partial charge on any atom is -0.496 e. The zero-order valence-corrected chi connectivity index (χ0v) is 24.4. The molecule has 6 nitrogen and oxygen atoms in total. The number of amides is 1. The van der Waals surface area contributed by atoms with Crippen LogP contribution in [0.15, 0.2) is 60.7 Å². The molecule has 0 spiro atoms. The number of carbonyl (C=O) groups is 2. The Labute approximate surface area is 242 Å². The Balaban J connectivity index is 1.48. The van der Waals surface area contributed by atoms with Crippen LogP contribution in [0.4, 0.5) is 5.69 Å². The Morgan fingerprint density at radius 1 is 1.05 bits per heavy atom. The zero-order chi connectivity index (χ0) is 28.2. The molecule has 210 valence electrons. The van der Waals surface area contributed by atoms with Gasteiger partial charge in [0.05, 0.1) is 18.7 Å². The maximum atomic E-state index is 14.1. The standard InChI is InChI=1S/C33H38ClN3O3/c1-4-35-16-18-36(19-17-35)31(22-38)27-10-7-15-37(30-14-12-25(34)21-29(27)30)33(39)28-13-11-24(20-32(28)40-3)26-9-6-5-8-23(26)2/h5-6,8-9,11-14,20-22,27,31H,4,7,10,15-19H2,1-3H3. The van der Waals surface area contributed by atoms with Crippen molar-refractivity contribution in [3.8, 4) is 16.9 Å². The van der Waals surface area contributed by atoms with Crippen molar-refractivity contribution in [1.82, 2.24) is 9.80 Å². The molecule has 0 aliphatic carbocycles. The van der Waals surface area contributed by atoms with E-state index in [4.69, 9.17) is 16.3 Å². The van der Waals surface area contributed by atoms with Gasteiger partial charge >= 0.3 is 0 Å². The predicted molar refractivity (Wildman–Crippen MR) is 162 cm³/mol. The van der Waals surface area contributed by atoms with Crippen LogP contribution in [0.25, 0.3) is 11.1 Å². The lowest BCUT2D eigenvalue weighted by atomic mass is 9.86. The van der Waals surface area contributed by atoms with Gasteiger partial charge < -0.3 is 19.3 Å². The quantitative estimate of drug-likeness (QED) is 0.330. The number of benzene rings is 3. The SMILES string of the molecule is CCN1CCN(C(C=O)C2CCCN(C(=O)c3ccc(-c4ccccc4C)cc3OC)c3ccc(Cl)cc32)CC1. The maximum absolute atomic E-state index is 14.1. The molecule has 7 heteroatoms. The third kappa shape index (κ3) is 5.67. The molecule has 2 aliphatic heterocycles. The summed E-state index contributed by atoms with van der Waals surface area (Å²) in [6.07, 6.45) is 2.69. The van der Waals surface area contributed by atoms with E-state index in [2.05, 4.69) is 35.8 Å². The molecule has 0 N–H and O–H groups in total. The molecular weight excluding hydrogens is 522 g/mol. The first kappa shape index (κ1) is 28.3. The fourth-order valence-electron chi connectivity index (χ4n) is 6.27. The minimum atomic E-state index is -0.255. The Kier molecular flexibility index (Phi) is 8.89. The van der Waals surface area contributed by atoms with Gasteiger partial charge in [-0.25, -0.2) is 0 Å². The van der Waals surface area contributed by atoms with Crippen LogP contribution in [-0.2, 0) is 4.79 Å². The number of hydrogen-bond donors (Lipinski definition) is 0. The lowest BCUT2D eigenvalue weighted by Crippen LogP contribution is -2.52. The van der Waals surface area contributed by atoms with Crippen molar-refractivity contribution in [2.75, 3.05) is 51.3 Å². The van der Waals surface area contributed by atoms with Gasteiger partial charge in [0.25, 0.3) is 5.91 Å². The highest BCUT2D eigenvalue weighted by molar-refractivity contribution is 6.30. The van der Waals surface area contributed by atoms with Gasteiger partial charge in [-0.3, -0.25) is 9.69 Å². The number of methoxy groups -OCH3 is 1. The van der Waals surface area contributed by atoms with Gasteiger partial charge in [0.15, 0.2) is 0 Å². The van der Waals surface area contributed by atoms with Crippen molar-refractivity contribution in [3.05, 3.63) is 82.4 Å². The second kappa shape index (κ2) is 12.5. The number of likely N-dealkylation sites (N-methyl/N-ethyl adjacent to an activating group) is 1. The number of aryl methyl sites for hydroxylation is 1. The van der Waals surface area contributed by atoms with E-state index in [1.165, 1.54) is 0 Å². The average molecular weight is 560 g/mol. The van der Waals surface area contributed by atoms with Gasteiger partial charge in [-0.2, -0.15) is 0 Å². The van der Waals surface area contributed by atoms with Crippen molar-refractivity contribution in [3.63, 3.8) is 0 Å². The first-order chi connectivity index (χ1) is 19.4. The molecular formula is C33H38ClN3O3. The molecule has 0 bridgehead atoms. The number of carbonyl (C=O) groups excluding carboxylic acids is 2. The average Bonchev–Trinajstić information content (AvgIpc) is 3.17. The number of halogens is 1. The zero-order valence-electron chi connectivity index (χ0n) is 23.6. The van der Waals surface area contributed by atoms with Gasteiger partial charge in [-0.15, -0.1) is 0 Å². The summed E-state index contributed by atoms with van der Waals surface area (Å²) in [6, 6.07) is 19.4. The van der Waals surface area contributed by atoms with E-state index in [0.717, 1.165) is 79.8 Å². The fraction of sp³-hybridized carbons (Fsp3) is 0.394. The Hall–Kier alpha value is -3.19. The van der Waals surface area contributed by atoms with Crippen molar-refractivity contribution in [2.24, 2.45) is 0 Å². The van der Waals surface area contributed by atoms with E-state index >= 15 is 0 Å². The van der Waals surface area contributed by atoms with E-state index in [9.17, 15) is 9.59 Å². The van der Waals surface area contributed by atoms with Crippen LogP contribution in [0.3, 0.4) is 0 Å². The second-order valence-corrected chi connectivity index (χ2v) is 11.2. The summed E-state index contributed by atoms with van der Waals surface area (Å²) in [4.78, 5) is 33.3. The molecule has 0 radical (unpaired) electrons. The Morgan fingerprint density at radius 2 is 1.82 bits per heavy atom. The van der Waals surface area contributed by atoms with Crippen molar-refractivity contribution < 1.29 is 14.3 Å². The normalized spacial score (nSPS) is 19.0. The number of fused-ring (bicyclic) bond motifs is 1. The summed E-state index contributed by atoms with van der Waals surface area (Å²) in [5, 5.41) is 0.610. The highest BCUT2D eigenvalue weighted by Crippen LogP contribution is 2.41. The molecule has 2 atom stereocenters. The van der Waals surface area contributed by atoms with Crippen LogP contribution in [0.1, 0.15) is 47.2 Å². The highest BCUT2D eigenvalue weighted by atomic mass is 35.5. The predicted octanol–water partition coefficient (Wildman–Crippen LogP) is 6.05. The number of aldehydes is 1. The van der Waals surface area contributed by atoms with Gasteiger partial charge in [-0.05, 0) is 78.9 Å². The Morgan fingerprint density at radius 3 is 2.52 bits per heavy atom. The van der Waals surface area contributed by atoms with Gasteiger partial charge in [0, 0.05) is 49.4 Å². The number of anilines is 1. The van der Waals surface area contributed by atoms with E-state index in [1.54, 1.807) is 7.11 Å². The fourth-order valence-corrected chi connectivity index (χ4v) is 6.45. The summed E-state index contributed by atoms with van der Waals surface area (Å²) in [6.45, 7) is 9.46. The molecule has 2 aliphatic rings. The second-order valence-electron chi connectivity index (χ2n) is 10.7.